The van der Waals surface area contributed by atoms with Gasteiger partial charge in [0.1, 0.15) is 5.75 Å². The van der Waals surface area contributed by atoms with Crippen molar-refractivity contribution in [1.29, 1.82) is 0 Å². The van der Waals surface area contributed by atoms with Crippen molar-refractivity contribution >= 4 is 11.6 Å². The number of ether oxygens (including phenoxy) is 1. The lowest BCUT2D eigenvalue weighted by Crippen LogP contribution is -2.51. The summed E-state index contributed by atoms with van der Waals surface area (Å²) < 4.78 is 47.7. The van der Waals surface area contributed by atoms with E-state index in [1.807, 2.05) is 19.1 Å². The van der Waals surface area contributed by atoms with Gasteiger partial charge in [-0.2, -0.15) is 13.2 Å². The van der Waals surface area contributed by atoms with Gasteiger partial charge < -0.3 is 15.0 Å². The van der Waals surface area contributed by atoms with Crippen LogP contribution in [0.25, 0.3) is 0 Å². The standard InChI is InChI=1S/C25H26F3N5O2/c1-15-11-24(12-20(29-15)21-14-32(2)31-30-21)19-9-6-17(25(26,27)28)10-22(19)33(23(24)34)13-16-4-7-18(35-3)8-5-16/h4-10,14-15,20,29H,11-13H2,1-3H3/t15-,20-,24-/m0/s1. The molecule has 2 aromatic carbocycles. The number of rotatable bonds is 4. The lowest BCUT2D eigenvalue weighted by molar-refractivity contribution is -0.137. The Balaban J connectivity index is 1.59. The van der Waals surface area contributed by atoms with Gasteiger partial charge in [-0.1, -0.05) is 23.4 Å². The second-order valence-electron chi connectivity index (χ2n) is 9.40. The summed E-state index contributed by atoms with van der Waals surface area (Å²) in [6.45, 7) is 2.14. The molecule has 3 aromatic rings. The zero-order valence-electron chi connectivity index (χ0n) is 19.6. The largest absolute Gasteiger partial charge is 0.497 e. The molecule has 3 atom stereocenters. The van der Waals surface area contributed by atoms with Gasteiger partial charge in [0.15, 0.2) is 0 Å². The Morgan fingerprint density at radius 2 is 1.91 bits per heavy atom. The van der Waals surface area contributed by atoms with Crippen molar-refractivity contribution in [1.82, 2.24) is 20.3 Å². The lowest BCUT2D eigenvalue weighted by atomic mass is 9.69. The summed E-state index contributed by atoms with van der Waals surface area (Å²) in [5.41, 5.74) is 0.714. The molecule has 2 aliphatic rings. The van der Waals surface area contributed by atoms with Crippen LogP contribution in [0.5, 0.6) is 5.75 Å². The molecule has 0 bridgehead atoms. The topological polar surface area (TPSA) is 72.3 Å². The smallest absolute Gasteiger partial charge is 0.416 e. The molecular weight excluding hydrogens is 459 g/mol. The predicted molar refractivity (Wildman–Crippen MR) is 123 cm³/mol. The van der Waals surface area contributed by atoms with E-state index in [9.17, 15) is 18.0 Å². The van der Waals surface area contributed by atoms with Crippen LogP contribution in [0.3, 0.4) is 0 Å². The van der Waals surface area contributed by atoms with Crippen molar-refractivity contribution in [3.8, 4) is 5.75 Å². The number of carbonyl (C=O) groups excluding carboxylic acids is 1. The Bertz CT molecular complexity index is 1260. The van der Waals surface area contributed by atoms with Gasteiger partial charge >= 0.3 is 6.18 Å². The number of methoxy groups -OCH3 is 1. The van der Waals surface area contributed by atoms with E-state index in [2.05, 4.69) is 15.6 Å². The molecule has 5 rings (SSSR count). The number of hydrogen-bond donors (Lipinski definition) is 1. The first-order valence-electron chi connectivity index (χ1n) is 11.4. The number of benzene rings is 2. The maximum Gasteiger partial charge on any atom is 0.416 e. The van der Waals surface area contributed by atoms with E-state index in [4.69, 9.17) is 4.74 Å². The van der Waals surface area contributed by atoms with Crippen LogP contribution in [0, 0.1) is 0 Å². The predicted octanol–water partition coefficient (Wildman–Crippen LogP) is 4.14. The van der Waals surface area contributed by atoms with Crippen molar-refractivity contribution in [2.24, 2.45) is 7.05 Å². The minimum atomic E-state index is -4.51. The molecule has 1 fully saturated rings. The number of piperidine rings is 1. The van der Waals surface area contributed by atoms with Gasteiger partial charge in [-0.15, -0.1) is 5.10 Å². The van der Waals surface area contributed by atoms with Crippen LogP contribution in [0.2, 0.25) is 0 Å². The van der Waals surface area contributed by atoms with E-state index in [0.29, 0.717) is 35.5 Å². The van der Waals surface area contributed by atoms with Crippen LogP contribution in [0.1, 0.15) is 48.2 Å². The van der Waals surface area contributed by atoms with Crippen LogP contribution in [-0.4, -0.2) is 34.1 Å². The monoisotopic (exact) mass is 485 g/mol. The number of amides is 1. The summed E-state index contributed by atoms with van der Waals surface area (Å²) in [5, 5.41) is 11.7. The van der Waals surface area contributed by atoms with Gasteiger partial charge in [0.05, 0.1) is 36.4 Å². The van der Waals surface area contributed by atoms with E-state index in [1.165, 1.54) is 11.0 Å². The summed E-state index contributed by atoms with van der Waals surface area (Å²) in [6, 6.07) is 10.5. The molecular formula is C25H26F3N5O2. The SMILES string of the molecule is COc1ccc(CN2C(=O)[C@@]3(C[C@@H](c4cn(C)nn4)N[C@@H](C)C3)c3ccc(C(F)(F)F)cc32)cc1. The van der Waals surface area contributed by atoms with Crippen molar-refractivity contribution in [3.05, 3.63) is 71.0 Å². The maximum absolute atomic E-state index is 14.1. The van der Waals surface area contributed by atoms with Gasteiger partial charge in [-0.05, 0) is 55.2 Å². The molecule has 1 N–H and O–H groups in total. The van der Waals surface area contributed by atoms with Gasteiger partial charge in [0, 0.05) is 25.0 Å². The lowest BCUT2D eigenvalue weighted by Gasteiger charge is -2.40. The first-order valence-corrected chi connectivity index (χ1v) is 11.4. The number of aromatic nitrogens is 3. The van der Waals surface area contributed by atoms with Gasteiger partial charge in [0.25, 0.3) is 0 Å². The fourth-order valence-electron chi connectivity index (χ4n) is 5.41. The van der Waals surface area contributed by atoms with Crippen molar-refractivity contribution in [2.45, 2.75) is 50.0 Å². The van der Waals surface area contributed by atoms with Crippen LogP contribution in [0.15, 0.2) is 48.7 Å². The molecule has 0 saturated carbocycles. The van der Waals surface area contributed by atoms with E-state index in [-0.39, 0.29) is 24.5 Å². The summed E-state index contributed by atoms with van der Waals surface area (Å²) in [4.78, 5) is 15.6. The quantitative estimate of drug-likeness (QED) is 0.602. The zero-order valence-corrected chi connectivity index (χ0v) is 19.6. The molecule has 3 heterocycles. The number of anilines is 1. The molecule has 1 aromatic heterocycles. The summed E-state index contributed by atoms with van der Waals surface area (Å²) in [6.07, 6.45) is -1.86. The highest BCUT2D eigenvalue weighted by molar-refractivity contribution is 6.08. The Kier molecular flexibility index (Phi) is 5.58. The fraction of sp³-hybridized carbons (Fsp3) is 0.400. The van der Waals surface area contributed by atoms with Crippen LogP contribution in [0.4, 0.5) is 18.9 Å². The van der Waals surface area contributed by atoms with Crippen LogP contribution < -0.4 is 15.0 Å². The van der Waals surface area contributed by atoms with E-state index < -0.39 is 17.2 Å². The third kappa shape index (κ3) is 4.05. The molecule has 1 spiro atoms. The van der Waals surface area contributed by atoms with Crippen molar-refractivity contribution in [3.63, 3.8) is 0 Å². The number of nitrogens with zero attached hydrogens (tertiary/aromatic N) is 4. The molecule has 35 heavy (non-hydrogen) atoms. The van der Waals surface area contributed by atoms with Gasteiger partial charge in [-0.25, -0.2) is 0 Å². The summed E-state index contributed by atoms with van der Waals surface area (Å²) in [5.74, 6) is 0.474. The Labute approximate surface area is 200 Å². The van der Waals surface area contributed by atoms with Gasteiger partial charge in [0.2, 0.25) is 5.91 Å². The van der Waals surface area contributed by atoms with Gasteiger partial charge in [-0.3, -0.25) is 9.48 Å². The number of carbonyl (C=O) groups is 1. The highest BCUT2D eigenvalue weighted by Crippen LogP contribution is 2.52. The molecule has 1 amide bonds. The first kappa shape index (κ1) is 23.3. The second-order valence-corrected chi connectivity index (χ2v) is 9.40. The van der Waals surface area contributed by atoms with Crippen molar-refractivity contribution in [2.75, 3.05) is 12.0 Å². The average molecular weight is 486 g/mol. The number of nitrogens with one attached hydrogen (secondary N) is 1. The van der Waals surface area contributed by atoms with Crippen LogP contribution in [-0.2, 0) is 30.0 Å². The van der Waals surface area contributed by atoms with E-state index in [1.54, 1.807) is 37.2 Å². The number of hydrogen-bond acceptors (Lipinski definition) is 5. The molecule has 10 heteroatoms. The molecule has 0 radical (unpaired) electrons. The highest BCUT2D eigenvalue weighted by Gasteiger charge is 2.55. The summed E-state index contributed by atoms with van der Waals surface area (Å²) >= 11 is 0. The number of fused-ring (bicyclic) bond motifs is 2. The Hall–Kier alpha value is -3.40. The number of halogens is 3. The molecule has 1 saturated heterocycles. The molecule has 0 unspecified atom stereocenters. The normalized spacial score (nSPS) is 24.2. The Morgan fingerprint density at radius 3 is 2.54 bits per heavy atom. The van der Waals surface area contributed by atoms with Crippen LogP contribution >= 0.6 is 0 Å². The highest BCUT2D eigenvalue weighted by atomic mass is 19.4. The first-order chi connectivity index (χ1) is 16.6. The Morgan fingerprint density at radius 1 is 1.17 bits per heavy atom. The second kappa shape index (κ2) is 8.37. The molecule has 2 aliphatic heterocycles. The number of aryl methyl sites for hydroxylation is 1. The maximum atomic E-state index is 14.1. The molecule has 184 valence electrons. The molecule has 7 nitrogen and oxygen atoms in total. The number of alkyl halides is 3. The minimum absolute atomic E-state index is 0.0595. The van der Waals surface area contributed by atoms with E-state index in [0.717, 1.165) is 17.7 Å². The third-order valence-electron chi connectivity index (χ3n) is 6.96. The summed E-state index contributed by atoms with van der Waals surface area (Å²) in [7, 11) is 3.33. The zero-order chi connectivity index (χ0) is 25.0. The minimum Gasteiger partial charge on any atom is -0.497 e. The fourth-order valence-corrected chi connectivity index (χ4v) is 5.41. The van der Waals surface area contributed by atoms with E-state index >= 15 is 0 Å². The average Bonchev–Trinajstić information content (AvgIpc) is 3.34. The molecule has 0 aliphatic carbocycles. The van der Waals surface area contributed by atoms with Crippen molar-refractivity contribution < 1.29 is 22.7 Å². The third-order valence-corrected chi connectivity index (χ3v) is 6.96.